The zero-order chi connectivity index (χ0) is 12.8. The van der Waals surface area contributed by atoms with Crippen molar-refractivity contribution in [3.05, 3.63) is 28.3 Å². The fourth-order valence-corrected chi connectivity index (χ4v) is 2.86. The van der Waals surface area contributed by atoms with E-state index in [4.69, 9.17) is 16.3 Å². The first-order valence-corrected chi connectivity index (χ1v) is 5.88. The highest BCUT2D eigenvalue weighted by atomic mass is 35.5. The average Bonchev–Trinajstić information content (AvgIpc) is 2.48. The minimum absolute atomic E-state index is 0.00223. The minimum Gasteiger partial charge on any atom is -0.465 e. The van der Waals surface area contributed by atoms with Gasteiger partial charge in [-0.05, 0) is 17.7 Å². The smallest absolute Gasteiger partial charge is 0.337 e. The lowest BCUT2D eigenvalue weighted by atomic mass is 9.86. The number of halogens is 1. The molecule has 0 aliphatic carbocycles. The summed E-state index contributed by atoms with van der Waals surface area (Å²) in [5.41, 5.74) is 2.63. The summed E-state index contributed by atoms with van der Waals surface area (Å²) in [5.74, 6) is -0.347. The summed E-state index contributed by atoms with van der Waals surface area (Å²) in [6.45, 7) is 5.19. The first-order valence-electron chi connectivity index (χ1n) is 5.50. The van der Waals surface area contributed by atoms with Gasteiger partial charge in [-0.1, -0.05) is 25.4 Å². The summed E-state index contributed by atoms with van der Waals surface area (Å²) in [6.07, 6.45) is 0. The molecule has 92 valence electrons. The number of hydrogen-bond acceptors (Lipinski definition) is 3. The van der Waals surface area contributed by atoms with E-state index >= 15 is 0 Å². The van der Waals surface area contributed by atoms with Gasteiger partial charge >= 0.3 is 5.97 Å². The summed E-state index contributed by atoms with van der Waals surface area (Å²) < 4.78 is 4.73. The highest BCUT2D eigenvalue weighted by Gasteiger charge is 2.35. The molecule has 1 aromatic carbocycles. The molecule has 1 aliphatic heterocycles. The second kappa shape index (κ2) is 3.91. The Morgan fingerprint density at radius 1 is 1.47 bits per heavy atom. The predicted octanol–water partition coefficient (Wildman–Crippen LogP) is 2.85. The molecular weight excluding hydrogens is 238 g/mol. The second-order valence-corrected chi connectivity index (χ2v) is 5.49. The van der Waals surface area contributed by atoms with E-state index in [9.17, 15) is 4.79 Å². The molecule has 2 rings (SSSR count). The van der Waals surface area contributed by atoms with Crippen LogP contribution in [-0.2, 0) is 10.2 Å². The number of methoxy groups -OCH3 is 1. The standard InChI is InChI=1S/C13H16ClNO2/c1-13(2)7-15(3)11-9(13)5-8(6-10(11)14)12(16)17-4/h5-6H,7H2,1-4H3. The van der Waals surface area contributed by atoms with Gasteiger partial charge in [0.15, 0.2) is 0 Å². The van der Waals surface area contributed by atoms with Crippen molar-refractivity contribution in [1.82, 2.24) is 0 Å². The molecule has 1 aliphatic rings. The molecule has 0 saturated heterocycles. The minimum atomic E-state index is -0.347. The molecule has 0 bridgehead atoms. The Hall–Kier alpha value is -1.22. The molecule has 0 saturated carbocycles. The maximum atomic E-state index is 11.6. The Balaban J connectivity index is 2.61. The molecule has 0 amide bonds. The molecule has 1 heterocycles. The summed E-state index contributed by atoms with van der Waals surface area (Å²) >= 11 is 6.25. The molecule has 0 radical (unpaired) electrons. The Kier molecular flexibility index (Phi) is 2.82. The normalized spacial score (nSPS) is 16.9. The van der Waals surface area contributed by atoms with Crippen molar-refractivity contribution in [2.75, 3.05) is 25.6 Å². The quantitative estimate of drug-likeness (QED) is 0.721. The molecular formula is C13H16ClNO2. The molecule has 1 aromatic rings. The molecule has 0 atom stereocenters. The number of carbonyl (C=O) groups excluding carboxylic acids is 1. The van der Waals surface area contributed by atoms with E-state index in [2.05, 4.69) is 18.7 Å². The maximum Gasteiger partial charge on any atom is 0.337 e. The van der Waals surface area contributed by atoms with E-state index in [1.165, 1.54) is 7.11 Å². The van der Waals surface area contributed by atoms with Gasteiger partial charge in [-0.2, -0.15) is 0 Å². The summed E-state index contributed by atoms with van der Waals surface area (Å²) in [4.78, 5) is 13.7. The van der Waals surface area contributed by atoms with Crippen LogP contribution < -0.4 is 4.90 Å². The van der Waals surface area contributed by atoms with Crippen molar-refractivity contribution < 1.29 is 9.53 Å². The van der Waals surface area contributed by atoms with Gasteiger partial charge in [0.1, 0.15) is 0 Å². The van der Waals surface area contributed by atoms with E-state index in [0.717, 1.165) is 17.8 Å². The lowest BCUT2D eigenvalue weighted by molar-refractivity contribution is 0.0600. The van der Waals surface area contributed by atoms with Crippen molar-refractivity contribution in [2.45, 2.75) is 19.3 Å². The Morgan fingerprint density at radius 3 is 2.71 bits per heavy atom. The van der Waals surface area contributed by atoms with Crippen LogP contribution in [0.5, 0.6) is 0 Å². The van der Waals surface area contributed by atoms with Gasteiger partial charge in [0.2, 0.25) is 0 Å². The van der Waals surface area contributed by atoms with Crippen LogP contribution >= 0.6 is 11.6 Å². The SMILES string of the molecule is COC(=O)c1cc(Cl)c2c(c1)C(C)(C)CN2C. The van der Waals surface area contributed by atoms with Crippen LogP contribution in [0.2, 0.25) is 5.02 Å². The van der Waals surface area contributed by atoms with Crippen molar-refractivity contribution in [1.29, 1.82) is 0 Å². The van der Waals surface area contributed by atoms with E-state index in [0.29, 0.717) is 10.6 Å². The van der Waals surface area contributed by atoms with Gasteiger partial charge in [-0.25, -0.2) is 4.79 Å². The molecule has 3 nitrogen and oxygen atoms in total. The zero-order valence-corrected chi connectivity index (χ0v) is 11.3. The highest BCUT2D eigenvalue weighted by Crippen LogP contribution is 2.44. The monoisotopic (exact) mass is 253 g/mol. The molecule has 0 fully saturated rings. The number of anilines is 1. The van der Waals surface area contributed by atoms with Gasteiger partial charge in [-0.3, -0.25) is 0 Å². The number of hydrogen-bond donors (Lipinski definition) is 0. The van der Waals surface area contributed by atoms with E-state index in [1.54, 1.807) is 6.07 Å². The van der Waals surface area contributed by atoms with Gasteiger partial charge in [0, 0.05) is 19.0 Å². The third-order valence-electron chi connectivity index (χ3n) is 3.23. The van der Waals surface area contributed by atoms with Crippen molar-refractivity contribution in [2.24, 2.45) is 0 Å². The first-order chi connectivity index (χ1) is 7.86. The molecule has 0 N–H and O–H groups in total. The van der Waals surface area contributed by atoms with Gasteiger partial charge < -0.3 is 9.64 Å². The van der Waals surface area contributed by atoms with Gasteiger partial charge in [-0.15, -0.1) is 0 Å². The highest BCUT2D eigenvalue weighted by molar-refractivity contribution is 6.34. The van der Waals surface area contributed by atoms with Gasteiger partial charge in [0.05, 0.1) is 23.4 Å². The van der Waals surface area contributed by atoms with Crippen LogP contribution in [0.3, 0.4) is 0 Å². The van der Waals surface area contributed by atoms with Crippen LogP contribution in [0, 0.1) is 0 Å². The topological polar surface area (TPSA) is 29.5 Å². The number of nitrogens with zero attached hydrogens (tertiary/aromatic N) is 1. The lowest BCUT2D eigenvalue weighted by Crippen LogP contribution is -2.25. The van der Waals surface area contributed by atoms with Crippen molar-refractivity contribution >= 4 is 23.3 Å². The van der Waals surface area contributed by atoms with Gasteiger partial charge in [0.25, 0.3) is 0 Å². The third kappa shape index (κ3) is 1.89. The number of esters is 1. The fraction of sp³-hybridized carbons (Fsp3) is 0.462. The Morgan fingerprint density at radius 2 is 2.12 bits per heavy atom. The number of benzene rings is 1. The van der Waals surface area contributed by atoms with Crippen molar-refractivity contribution in [3.8, 4) is 0 Å². The Labute approximate surface area is 106 Å². The molecule has 4 heteroatoms. The number of likely N-dealkylation sites (N-methyl/N-ethyl adjacent to an activating group) is 1. The zero-order valence-electron chi connectivity index (χ0n) is 10.5. The predicted molar refractivity (Wildman–Crippen MR) is 69.1 cm³/mol. The summed E-state index contributed by atoms with van der Waals surface area (Å²) in [6, 6.07) is 3.56. The fourth-order valence-electron chi connectivity index (χ4n) is 2.50. The average molecular weight is 254 g/mol. The van der Waals surface area contributed by atoms with Crippen LogP contribution in [0.15, 0.2) is 12.1 Å². The molecule has 0 aromatic heterocycles. The van der Waals surface area contributed by atoms with Crippen LogP contribution in [0.1, 0.15) is 29.8 Å². The van der Waals surface area contributed by atoms with E-state index < -0.39 is 0 Å². The van der Waals surface area contributed by atoms with Crippen LogP contribution in [0.4, 0.5) is 5.69 Å². The number of ether oxygens (including phenoxy) is 1. The third-order valence-corrected chi connectivity index (χ3v) is 3.52. The van der Waals surface area contributed by atoms with Crippen LogP contribution in [-0.4, -0.2) is 26.7 Å². The first kappa shape index (κ1) is 12.2. The summed E-state index contributed by atoms with van der Waals surface area (Å²) in [7, 11) is 3.39. The molecule has 0 spiro atoms. The van der Waals surface area contributed by atoms with Crippen molar-refractivity contribution in [3.63, 3.8) is 0 Å². The molecule has 0 unspecified atom stereocenters. The lowest BCUT2D eigenvalue weighted by Gasteiger charge is -2.18. The maximum absolute atomic E-state index is 11.6. The number of fused-ring (bicyclic) bond motifs is 1. The van der Waals surface area contributed by atoms with Crippen LogP contribution in [0.25, 0.3) is 0 Å². The molecule has 17 heavy (non-hydrogen) atoms. The van der Waals surface area contributed by atoms with E-state index in [-0.39, 0.29) is 11.4 Å². The van der Waals surface area contributed by atoms with E-state index in [1.807, 2.05) is 13.1 Å². The number of carbonyl (C=O) groups is 1. The number of rotatable bonds is 1. The summed E-state index contributed by atoms with van der Waals surface area (Å²) in [5, 5.41) is 0.607. The Bertz CT molecular complexity index is 483. The largest absolute Gasteiger partial charge is 0.465 e. The second-order valence-electron chi connectivity index (χ2n) is 5.09.